The molecule has 0 bridgehead atoms. The summed E-state index contributed by atoms with van der Waals surface area (Å²) in [7, 11) is 6.05. The van der Waals surface area contributed by atoms with Crippen LogP contribution in [0.2, 0.25) is 0 Å². The summed E-state index contributed by atoms with van der Waals surface area (Å²) in [5, 5.41) is 0. The van der Waals surface area contributed by atoms with Gasteiger partial charge in [-0.1, -0.05) is 118 Å². The van der Waals surface area contributed by atoms with Crippen molar-refractivity contribution in [3.8, 4) is 0 Å². The lowest BCUT2D eigenvalue weighted by Gasteiger charge is -2.23. The Morgan fingerprint density at radius 1 is 0.384 bits per heavy atom. The molecule has 0 aromatic rings. The Balaban J connectivity index is -0.000000266. The first-order chi connectivity index (χ1) is 32.8. The fourth-order valence-corrected chi connectivity index (χ4v) is 4.43. The first-order valence-electron chi connectivity index (χ1n) is 24.5. The quantitative estimate of drug-likeness (QED) is 0.0538. The molecule has 430 valence electrons. The summed E-state index contributed by atoms with van der Waals surface area (Å²) in [6.45, 7) is 41.8. The highest BCUT2D eigenvalue weighted by Crippen LogP contribution is 2.21. The summed E-state index contributed by atoms with van der Waals surface area (Å²) in [5.74, 6) is -2.65. The van der Waals surface area contributed by atoms with Crippen molar-refractivity contribution in [3.63, 3.8) is 0 Å². The molecular weight excluding hydrogens is 953 g/mol. The molecule has 0 aliphatic heterocycles. The van der Waals surface area contributed by atoms with Gasteiger partial charge in [-0.25, -0.2) is 14.4 Å². The second-order valence-corrected chi connectivity index (χ2v) is 22.6. The van der Waals surface area contributed by atoms with E-state index in [0.29, 0.717) is 19.8 Å². The molecule has 0 aliphatic rings. The molecule has 19 nitrogen and oxygen atoms in total. The third-order valence-corrected chi connectivity index (χ3v) is 9.64. The fourth-order valence-electron chi connectivity index (χ4n) is 4.43. The van der Waals surface area contributed by atoms with Gasteiger partial charge in [-0.3, -0.25) is 28.8 Å². The van der Waals surface area contributed by atoms with Crippen LogP contribution in [-0.2, 0) is 90.5 Å². The topological polar surface area (TPSA) is 246 Å². The van der Waals surface area contributed by atoms with Gasteiger partial charge in [-0.2, -0.15) is 0 Å². The first kappa shape index (κ1) is 77.9. The molecule has 0 saturated carbocycles. The number of hydrogen-bond donors (Lipinski definition) is 0. The van der Waals surface area contributed by atoms with Crippen LogP contribution in [0.5, 0.6) is 0 Å². The van der Waals surface area contributed by atoms with E-state index in [0.717, 1.165) is 0 Å². The lowest BCUT2D eigenvalue weighted by atomic mass is 9.88. The average Bonchev–Trinajstić information content (AvgIpc) is 3.26. The fraction of sp³-hybridized carbons (Fsp3) is 0.833. The molecule has 6 unspecified atom stereocenters. The van der Waals surface area contributed by atoms with Gasteiger partial charge in [0.2, 0.25) is 0 Å². The molecular formula is C54H100O19. The van der Waals surface area contributed by atoms with Gasteiger partial charge in [0.05, 0.1) is 31.8 Å². The Morgan fingerprint density at radius 3 is 1.14 bits per heavy atom. The maximum atomic E-state index is 11.9. The summed E-state index contributed by atoms with van der Waals surface area (Å²) < 4.78 is 49.2. The van der Waals surface area contributed by atoms with Crippen molar-refractivity contribution in [2.24, 2.45) is 33.0 Å². The molecule has 73 heavy (non-hydrogen) atoms. The first-order valence-corrected chi connectivity index (χ1v) is 24.5. The van der Waals surface area contributed by atoms with Crippen LogP contribution in [0.4, 0.5) is 0 Å². The monoisotopic (exact) mass is 1050 g/mol. The molecule has 0 N–H and O–H groups in total. The van der Waals surface area contributed by atoms with E-state index in [1.165, 1.54) is 28.1 Å². The van der Waals surface area contributed by atoms with Crippen LogP contribution in [0.25, 0.3) is 0 Å². The highest BCUT2D eigenvalue weighted by Gasteiger charge is 2.32. The van der Waals surface area contributed by atoms with Gasteiger partial charge in [0.15, 0.2) is 59.9 Å². The lowest BCUT2D eigenvalue weighted by molar-refractivity contribution is -0.173. The van der Waals surface area contributed by atoms with E-state index in [1.807, 2.05) is 48.5 Å². The third kappa shape index (κ3) is 41.0. The molecule has 0 aliphatic carbocycles. The molecule has 0 fully saturated rings. The number of methoxy groups -OCH3 is 4. The summed E-state index contributed by atoms with van der Waals surface area (Å²) in [6, 6.07) is 0. The Bertz CT molecular complexity index is 1650. The van der Waals surface area contributed by atoms with E-state index < -0.39 is 64.5 Å². The van der Waals surface area contributed by atoms with Crippen LogP contribution in [0.15, 0.2) is 0 Å². The van der Waals surface area contributed by atoms with Gasteiger partial charge in [0.25, 0.3) is 0 Å². The van der Waals surface area contributed by atoms with Crippen LogP contribution in [0, 0.1) is 33.0 Å². The van der Waals surface area contributed by atoms with Crippen LogP contribution in [-0.4, -0.2) is 157 Å². The van der Waals surface area contributed by atoms with Crippen molar-refractivity contribution in [2.75, 3.05) is 68.1 Å². The Morgan fingerprint density at radius 2 is 0.781 bits per heavy atom. The number of esters is 4. The SMILES string of the molecule is CC(C)C(=O)OC(C)C(=O)OC(C)C(=O)C(C)(C)C.COC(C)C(=O)OCC(=O)C(C)(C)C.COC(C)COC(C)C(=O)C(C)(C)C.COCC(=O)OC(C)C(=O)C(C)(C)C.COCCOCC(=O)C(C)(C)C. The summed E-state index contributed by atoms with van der Waals surface area (Å²) in [5.41, 5.74) is -2.19. The molecule has 0 spiro atoms. The molecule has 0 rings (SSSR count). The molecule has 0 amide bonds. The van der Waals surface area contributed by atoms with Crippen LogP contribution < -0.4 is 0 Å². The minimum atomic E-state index is -1.01. The number of hydrogen-bond acceptors (Lipinski definition) is 19. The van der Waals surface area contributed by atoms with Crippen LogP contribution >= 0.6 is 0 Å². The molecule has 19 heteroatoms. The zero-order valence-corrected chi connectivity index (χ0v) is 50.0. The Hall–Kier alpha value is -4.01. The molecule has 0 heterocycles. The average molecular weight is 1050 g/mol. The molecule has 0 aromatic heterocycles. The van der Waals surface area contributed by atoms with Crippen molar-refractivity contribution in [3.05, 3.63) is 0 Å². The van der Waals surface area contributed by atoms with Gasteiger partial charge in [0.1, 0.15) is 19.3 Å². The summed E-state index contributed by atoms with van der Waals surface area (Å²) in [6.07, 6.45) is -3.52. The minimum Gasteiger partial charge on any atom is -0.456 e. The molecule has 6 atom stereocenters. The van der Waals surface area contributed by atoms with Gasteiger partial charge in [-0.15, -0.1) is 0 Å². The second kappa shape index (κ2) is 37.7. The minimum absolute atomic E-state index is 0.0326. The highest BCUT2D eigenvalue weighted by atomic mass is 16.6. The number of ketones is 5. The molecule has 0 saturated heterocycles. The van der Waals surface area contributed by atoms with E-state index in [4.69, 9.17) is 42.6 Å². The smallest absolute Gasteiger partial charge is 0.347 e. The molecule has 0 radical (unpaired) electrons. The van der Waals surface area contributed by atoms with Crippen molar-refractivity contribution < 1.29 is 90.5 Å². The van der Waals surface area contributed by atoms with Gasteiger partial charge >= 0.3 is 23.9 Å². The summed E-state index contributed by atoms with van der Waals surface area (Å²) >= 11 is 0. The lowest BCUT2D eigenvalue weighted by Crippen LogP contribution is -2.37. The summed E-state index contributed by atoms with van der Waals surface area (Å²) in [4.78, 5) is 103. The molecule has 0 aromatic carbocycles. The van der Waals surface area contributed by atoms with Gasteiger partial charge in [0, 0.05) is 55.5 Å². The van der Waals surface area contributed by atoms with E-state index in [-0.39, 0.29) is 77.7 Å². The van der Waals surface area contributed by atoms with Gasteiger partial charge in [-0.05, 0) is 41.5 Å². The Labute approximate surface area is 439 Å². The number of carbonyl (C=O) groups is 9. The van der Waals surface area contributed by atoms with Gasteiger partial charge < -0.3 is 47.4 Å². The highest BCUT2D eigenvalue weighted by molar-refractivity contribution is 5.91. The van der Waals surface area contributed by atoms with E-state index in [9.17, 15) is 43.2 Å². The zero-order valence-electron chi connectivity index (χ0n) is 50.0. The van der Waals surface area contributed by atoms with E-state index in [2.05, 4.69) is 4.74 Å². The maximum absolute atomic E-state index is 11.9. The predicted octanol–water partition coefficient (Wildman–Crippen LogP) is 7.79. The number of rotatable bonds is 23. The van der Waals surface area contributed by atoms with E-state index in [1.54, 1.807) is 111 Å². The third-order valence-electron chi connectivity index (χ3n) is 9.64. The number of Topliss-reactive ketones (excluding diaryl/α,β-unsaturated/α-hetero) is 5. The van der Waals surface area contributed by atoms with E-state index >= 15 is 0 Å². The van der Waals surface area contributed by atoms with Crippen molar-refractivity contribution in [1.82, 2.24) is 0 Å². The number of carbonyl (C=O) groups excluding carboxylic acids is 9. The standard InChI is InChI=1S/C14H24O5.C11H22O3.2C10H18O4.C9H18O3/c1-8(2)12(16)19-10(4)13(17)18-9(3)11(15)14(5,6)7;1-8(13-6)7-14-9(2)10(12)11(3,4)5;1-7(9(12)10(2,3)4)14-8(11)6-13-5;1-7(13-5)9(12)14-6-8(11)10(2,3)4;1-9(2,3)8(10)7-12-6-5-11-4/h8-10H,1-7H3;8-9H,7H2,1-6H3;2*7H,6H2,1-5H3;5-7H2,1-4H3. The van der Waals surface area contributed by atoms with Crippen molar-refractivity contribution in [1.29, 1.82) is 0 Å². The largest absolute Gasteiger partial charge is 0.456 e. The zero-order chi connectivity index (χ0) is 59.1. The second-order valence-electron chi connectivity index (χ2n) is 22.6. The number of ether oxygens (including phenoxy) is 10. The van der Waals surface area contributed by atoms with Crippen molar-refractivity contribution >= 4 is 52.8 Å². The Kier molecular flexibility index (Phi) is 40.2. The van der Waals surface area contributed by atoms with Crippen LogP contribution in [0.1, 0.15) is 159 Å². The van der Waals surface area contributed by atoms with Crippen molar-refractivity contribution in [2.45, 2.75) is 196 Å². The maximum Gasteiger partial charge on any atom is 0.347 e. The van der Waals surface area contributed by atoms with Crippen LogP contribution in [0.3, 0.4) is 0 Å². The predicted molar refractivity (Wildman–Crippen MR) is 278 cm³/mol. The normalized spacial score (nSPS) is 14.1.